The standard InChI is InChI=1S/C14H17N3O2S/c1-19-14(18)11-2-3-12-15-16-13(17(12)6-4-11)8-10-5-7-20-9-10/h5,7,9,11H,2-4,6,8H2,1H3. The summed E-state index contributed by atoms with van der Waals surface area (Å²) in [5.74, 6) is 1.85. The number of carbonyl (C=O) groups is 1. The van der Waals surface area contributed by atoms with Crippen molar-refractivity contribution in [2.24, 2.45) is 5.92 Å². The molecule has 1 aliphatic rings. The Kier molecular flexibility index (Phi) is 3.82. The van der Waals surface area contributed by atoms with Gasteiger partial charge in [0.1, 0.15) is 11.6 Å². The summed E-state index contributed by atoms with van der Waals surface area (Å²) < 4.78 is 7.02. The molecule has 1 aliphatic heterocycles. The van der Waals surface area contributed by atoms with Gasteiger partial charge in [-0.15, -0.1) is 10.2 Å². The van der Waals surface area contributed by atoms with Gasteiger partial charge < -0.3 is 9.30 Å². The SMILES string of the molecule is COC(=O)C1CCc2nnc(Cc3ccsc3)n2CC1. The van der Waals surface area contributed by atoms with E-state index >= 15 is 0 Å². The van der Waals surface area contributed by atoms with Gasteiger partial charge in [0, 0.05) is 19.4 Å². The first-order valence-electron chi connectivity index (χ1n) is 6.78. The van der Waals surface area contributed by atoms with Crippen LogP contribution in [0.25, 0.3) is 0 Å². The fourth-order valence-corrected chi connectivity index (χ4v) is 3.33. The van der Waals surface area contributed by atoms with Gasteiger partial charge in [-0.3, -0.25) is 4.79 Å². The quantitative estimate of drug-likeness (QED) is 0.812. The van der Waals surface area contributed by atoms with Gasteiger partial charge in [-0.1, -0.05) is 0 Å². The smallest absolute Gasteiger partial charge is 0.308 e. The third kappa shape index (κ3) is 2.60. The van der Waals surface area contributed by atoms with Crippen molar-refractivity contribution in [1.82, 2.24) is 14.8 Å². The van der Waals surface area contributed by atoms with Crippen LogP contribution in [0.4, 0.5) is 0 Å². The average Bonchev–Trinajstić information content (AvgIpc) is 3.05. The molecule has 0 saturated heterocycles. The van der Waals surface area contributed by atoms with E-state index in [1.165, 1.54) is 12.7 Å². The summed E-state index contributed by atoms with van der Waals surface area (Å²) in [6.07, 6.45) is 3.19. The summed E-state index contributed by atoms with van der Waals surface area (Å²) in [5.41, 5.74) is 1.26. The van der Waals surface area contributed by atoms with Crippen LogP contribution in [0.1, 0.15) is 30.1 Å². The van der Waals surface area contributed by atoms with E-state index < -0.39 is 0 Å². The van der Waals surface area contributed by atoms with Crippen LogP contribution in [0.2, 0.25) is 0 Å². The number of carbonyl (C=O) groups excluding carboxylic acids is 1. The lowest BCUT2D eigenvalue weighted by Crippen LogP contribution is -2.17. The number of aromatic nitrogens is 3. The van der Waals surface area contributed by atoms with E-state index in [2.05, 4.69) is 31.6 Å². The second-order valence-electron chi connectivity index (χ2n) is 5.04. The number of esters is 1. The number of ether oxygens (including phenoxy) is 1. The second-order valence-corrected chi connectivity index (χ2v) is 5.82. The zero-order chi connectivity index (χ0) is 13.9. The lowest BCUT2D eigenvalue weighted by Gasteiger charge is -2.10. The van der Waals surface area contributed by atoms with Crippen LogP contribution in [0.5, 0.6) is 0 Å². The molecule has 0 bridgehead atoms. The number of methoxy groups -OCH3 is 1. The number of thiophene rings is 1. The van der Waals surface area contributed by atoms with Crippen LogP contribution in [0.15, 0.2) is 16.8 Å². The summed E-state index contributed by atoms with van der Waals surface area (Å²) >= 11 is 1.69. The molecule has 1 atom stereocenters. The zero-order valence-corrected chi connectivity index (χ0v) is 12.2. The highest BCUT2D eigenvalue weighted by Crippen LogP contribution is 2.22. The molecule has 2 aromatic rings. The minimum Gasteiger partial charge on any atom is -0.469 e. The molecular weight excluding hydrogens is 274 g/mol. The molecule has 106 valence electrons. The van der Waals surface area contributed by atoms with Gasteiger partial charge >= 0.3 is 5.97 Å². The Bertz CT molecular complexity index is 592. The highest BCUT2D eigenvalue weighted by molar-refractivity contribution is 7.07. The Morgan fingerprint density at radius 2 is 2.40 bits per heavy atom. The number of fused-ring (bicyclic) bond motifs is 1. The summed E-state index contributed by atoms with van der Waals surface area (Å²) in [5, 5.41) is 12.8. The minimum atomic E-state index is -0.108. The van der Waals surface area contributed by atoms with Crippen LogP contribution >= 0.6 is 11.3 Å². The van der Waals surface area contributed by atoms with Crippen LogP contribution in [-0.2, 0) is 28.9 Å². The molecule has 0 fully saturated rings. The van der Waals surface area contributed by atoms with Crippen molar-refractivity contribution in [3.8, 4) is 0 Å². The van der Waals surface area contributed by atoms with E-state index in [1.54, 1.807) is 11.3 Å². The van der Waals surface area contributed by atoms with Crippen LogP contribution in [-0.4, -0.2) is 27.8 Å². The van der Waals surface area contributed by atoms with E-state index in [-0.39, 0.29) is 11.9 Å². The van der Waals surface area contributed by atoms with Crippen molar-refractivity contribution in [3.63, 3.8) is 0 Å². The van der Waals surface area contributed by atoms with E-state index in [4.69, 9.17) is 4.74 Å². The molecule has 1 unspecified atom stereocenters. The lowest BCUT2D eigenvalue weighted by atomic mass is 10.0. The van der Waals surface area contributed by atoms with Crippen molar-refractivity contribution in [2.45, 2.75) is 32.2 Å². The molecule has 2 aromatic heterocycles. The van der Waals surface area contributed by atoms with E-state index in [0.29, 0.717) is 0 Å². The van der Waals surface area contributed by atoms with Gasteiger partial charge in [-0.05, 0) is 35.2 Å². The van der Waals surface area contributed by atoms with Crippen LogP contribution in [0, 0.1) is 5.92 Å². The first-order valence-corrected chi connectivity index (χ1v) is 7.72. The van der Waals surface area contributed by atoms with Gasteiger partial charge in [0.15, 0.2) is 0 Å². The maximum atomic E-state index is 11.7. The first-order chi connectivity index (χ1) is 9.78. The minimum absolute atomic E-state index is 0.0179. The molecule has 6 heteroatoms. The summed E-state index contributed by atoms with van der Waals surface area (Å²) in [4.78, 5) is 11.7. The predicted molar refractivity (Wildman–Crippen MR) is 75.6 cm³/mol. The van der Waals surface area contributed by atoms with Gasteiger partial charge in [0.05, 0.1) is 13.0 Å². The Hall–Kier alpha value is -1.69. The first kappa shape index (κ1) is 13.3. The third-order valence-corrected chi connectivity index (χ3v) is 4.53. The van der Waals surface area contributed by atoms with Gasteiger partial charge in [-0.25, -0.2) is 0 Å². The van der Waals surface area contributed by atoms with Gasteiger partial charge in [0.2, 0.25) is 0 Å². The number of nitrogens with zero attached hydrogens (tertiary/aromatic N) is 3. The van der Waals surface area contributed by atoms with Gasteiger partial charge in [0.25, 0.3) is 0 Å². The molecule has 0 radical (unpaired) electrons. The Morgan fingerprint density at radius 1 is 1.50 bits per heavy atom. The number of hydrogen-bond acceptors (Lipinski definition) is 5. The van der Waals surface area contributed by atoms with Crippen molar-refractivity contribution < 1.29 is 9.53 Å². The fraction of sp³-hybridized carbons (Fsp3) is 0.500. The summed E-state index contributed by atoms with van der Waals surface area (Å²) in [7, 11) is 1.45. The molecule has 0 spiro atoms. The highest BCUT2D eigenvalue weighted by Gasteiger charge is 2.25. The molecule has 0 aromatic carbocycles. The van der Waals surface area contributed by atoms with E-state index in [9.17, 15) is 4.79 Å². The molecule has 0 aliphatic carbocycles. The van der Waals surface area contributed by atoms with Crippen LogP contribution < -0.4 is 0 Å². The van der Waals surface area contributed by atoms with Crippen molar-refractivity contribution >= 4 is 17.3 Å². The molecule has 3 heterocycles. The number of aryl methyl sites for hydroxylation is 1. The largest absolute Gasteiger partial charge is 0.469 e. The molecular formula is C14H17N3O2S. The number of rotatable bonds is 3. The summed E-state index contributed by atoms with van der Waals surface area (Å²) in [6.45, 7) is 0.793. The van der Waals surface area contributed by atoms with Gasteiger partial charge in [-0.2, -0.15) is 11.3 Å². The molecule has 20 heavy (non-hydrogen) atoms. The molecule has 0 N–H and O–H groups in total. The Labute approximate surface area is 121 Å². The monoisotopic (exact) mass is 291 g/mol. The molecule has 5 nitrogen and oxygen atoms in total. The fourth-order valence-electron chi connectivity index (χ4n) is 2.66. The molecule has 3 rings (SSSR count). The normalized spacial score (nSPS) is 18.4. The highest BCUT2D eigenvalue weighted by atomic mass is 32.1. The maximum Gasteiger partial charge on any atom is 0.308 e. The van der Waals surface area contributed by atoms with E-state index in [0.717, 1.165) is 43.9 Å². The summed E-state index contributed by atoms with van der Waals surface area (Å²) in [6, 6.07) is 2.11. The average molecular weight is 291 g/mol. The maximum absolute atomic E-state index is 11.7. The van der Waals surface area contributed by atoms with Crippen molar-refractivity contribution in [2.75, 3.05) is 7.11 Å². The Morgan fingerprint density at radius 3 is 3.15 bits per heavy atom. The topological polar surface area (TPSA) is 57.0 Å². The predicted octanol–water partition coefficient (Wildman–Crippen LogP) is 2.06. The Balaban J connectivity index is 1.76. The third-order valence-electron chi connectivity index (χ3n) is 3.80. The van der Waals surface area contributed by atoms with E-state index in [1.807, 2.05) is 0 Å². The molecule has 0 amide bonds. The lowest BCUT2D eigenvalue weighted by molar-refractivity contribution is -0.145. The van der Waals surface area contributed by atoms with Crippen molar-refractivity contribution in [3.05, 3.63) is 34.0 Å². The number of hydrogen-bond donors (Lipinski definition) is 0. The second kappa shape index (κ2) is 5.75. The molecule has 0 saturated carbocycles. The zero-order valence-electron chi connectivity index (χ0n) is 11.4. The van der Waals surface area contributed by atoms with Crippen molar-refractivity contribution in [1.29, 1.82) is 0 Å². The van der Waals surface area contributed by atoms with Crippen LogP contribution in [0.3, 0.4) is 0 Å².